The van der Waals surface area contributed by atoms with Gasteiger partial charge in [-0.2, -0.15) is 0 Å². The van der Waals surface area contributed by atoms with E-state index in [1.807, 2.05) is 48.0 Å². The summed E-state index contributed by atoms with van der Waals surface area (Å²) in [6.07, 6.45) is 1.63. The highest BCUT2D eigenvalue weighted by molar-refractivity contribution is 7.99. The molecular weight excluding hydrogens is 334 g/mol. The molecule has 5 nitrogen and oxygen atoms in total. The van der Waals surface area contributed by atoms with Crippen LogP contribution in [0.25, 0.3) is 22.4 Å². The average Bonchev–Trinajstić information content (AvgIpc) is 3.29. The molecular formula is C19H17N3O2S. The quantitative estimate of drug-likeness (QED) is 0.381. The molecule has 0 fully saturated rings. The van der Waals surface area contributed by atoms with E-state index < -0.39 is 0 Å². The molecule has 0 atom stereocenters. The molecule has 2 aromatic heterocycles. The van der Waals surface area contributed by atoms with Gasteiger partial charge in [0.2, 0.25) is 0 Å². The van der Waals surface area contributed by atoms with Crippen LogP contribution in [0.2, 0.25) is 0 Å². The smallest absolute Gasteiger partial charge is 0.200 e. The molecule has 0 radical (unpaired) electrons. The van der Waals surface area contributed by atoms with Crippen LogP contribution < -0.4 is 4.74 Å². The number of hydrogen-bond acceptors (Lipinski definition) is 5. The summed E-state index contributed by atoms with van der Waals surface area (Å²) in [5.41, 5.74) is 0. The van der Waals surface area contributed by atoms with Crippen LogP contribution in [-0.4, -0.2) is 27.1 Å². The highest BCUT2D eigenvalue weighted by Gasteiger charge is 2.13. The molecule has 0 bridgehead atoms. The van der Waals surface area contributed by atoms with Gasteiger partial charge in [0.25, 0.3) is 0 Å². The predicted molar refractivity (Wildman–Crippen MR) is 98.9 cm³/mol. The molecule has 0 saturated heterocycles. The zero-order valence-electron chi connectivity index (χ0n) is 13.8. The van der Waals surface area contributed by atoms with Crippen LogP contribution in [0.1, 0.15) is 0 Å². The van der Waals surface area contributed by atoms with E-state index in [0.717, 1.165) is 27.9 Å². The minimum absolute atomic E-state index is 0.599. The summed E-state index contributed by atoms with van der Waals surface area (Å²) in [6, 6.07) is 18.1. The van der Waals surface area contributed by atoms with Crippen molar-refractivity contribution in [3.05, 3.63) is 60.9 Å². The second-order valence-corrected chi connectivity index (χ2v) is 6.58. The summed E-state index contributed by atoms with van der Waals surface area (Å²) in [4.78, 5) is 0. The Bertz CT molecular complexity index is 974. The predicted octanol–water partition coefficient (Wildman–Crippen LogP) is 4.40. The van der Waals surface area contributed by atoms with Gasteiger partial charge in [-0.15, -0.1) is 10.2 Å². The molecule has 0 N–H and O–H groups in total. The zero-order chi connectivity index (χ0) is 17.1. The number of furan rings is 1. The average molecular weight is 351 g/mol. The fourth-order valence-electron chi connectivity index (χ4n) is 2.67. The van der Waals surface area contributed by atoms with Crippen molar-refractivity contribution in [1.29, 1.82) is 0 Å². The zero-order valence-corrected chi connectivity index (χ0v) is 14.6. The Morgan fingerprint density at radius 3 is 2.80 bits per heavy atom. The Labute approximate surface area is 149 Å². The molecule has 0 aliphatic rings. The monoisotopic (exact) mass is 351 g/mol. The molecule has 0 amide bonds. The first kappa shape index (κ1) is 15.8. The van der Waals surface area contributed by atoms with E-state index in [4.69, 9.17) is 9.15 Å². The maximum absolute atomic E-state index is 5.96. The summed E-state index contributed by atoms with van der Waals surface area (Å²) < 4.78 is 13.3. The molecule has 126 valence electrons. The minimum atomic E-state index is 0.599. The van der Waals surface area contributed by atoms with E-state index in [2.05, 4.69) is 28.4 Å². The van der Waals surface area contributed by atoms with Gasteiger partial charge in [-0.05, 0) is 23.6 Å². The molecule has 4 aromatic rings. The first-order chi connectivity index (χ1) is 12.3. The van der Waals surface area contributed by atoms with Crippen LogP contribution >= 0.6 is 11.8 Å². The summed E-state index contributed by atoms with van der Waals surface area (Å²) in [7, 11) is 1.94. The molecule has 4 rings (SSSR count). The fourth-order valence-corrected chi connectivity index (χ4v) is 3.39. The van der Waals surface area contributed by atoms with E-state index in [1.54, 1.807) is 18.0 Å². The molecule has 6 heteroatoms. The summed E-state index contributed by atoms with van der Waals surface area (Å²) in [5, 5.41) is 11.6. The first-order valence-electron chi connectivity index (χ1n) is 7.99. The number of aromatic nitrogens is 3. The van der Waals surface area contributed by atoms with Crippen molar-refractivity contribution in [3.63, 3.8) is 0 Å². The lowest BCUT2D eigenvalue weighted by molar-refractivity contribution is 0.348. The third-order valence-corrected chi connectivity index (χ3v) is 4.88. The number of fused-ring (bicyclic) bond motifs is 1. The minimum Gasteiger partial charge on any atom is -0.492 e. The van der Waals surface area contributed by atoms with Gasteiger partial charge >= 0.3 is 0 Å². The maximum atomic E-state index is 5.96. The van der Waals surface area contributed by atoms with Gasteiger partial charge < -0.3 is 13.7 Å². The van der Waals surface area contributed by atoms with E-state index in [1.165, 1.54) is 5.39 Å². The standard InChI is InChI=1S/C19H17N3O2S/c1-22-18(17-10-5-11-23-17)20-21-19(22)25-13-12-24-16-9-4-7-14-6-2-3-8-15(14)16/h2-11H,12-13H2,1H3. The van der Waals surface area contributed by atoms with Crippen LogP contribution in [0.3, 0.4) is 0 Å². The normalized spacial score (nSPS) is 11.1. The second-order valence-electron chi connectivity index (χ2n) is 5.52. The Hall–Kier alpha value is -2.73. The molecule has 25 heavy (non-hydrogen) atoms. The van der Waals surface area contributed by atoms with Gasteiger partial charge in [0.15, 0.2) is 16.7 Å². The van der Waals surface area contributed by atoms with Gasteiger partial charge in [0.1, 0.15) is 5.75 Å². The molecule has 0 unspecified atom stereocenters. The largest absolute Gasteiger partial charge is 0.492 e. The van der Waals surface area contributed by atoms with Crippen molar-refractivity contribution in [1.82, 2.24) is 14.8 Å². The van der Waals surface area contributed by atoms with Gasteiger partial charge in [-0.1, -0.05) is 48.2 Å². The third-order valence-electron chi connectivity index (χ3n) is 3.90. The van der Waals surface area contributed by atoms with Gasteiger partial charge in [0, 0.05) is 18.2 Å². The summed E-state index contributed by atoms with van der Waals surface area (Å²) in [5.74, 6) is 3.14. The Morgan fingerprint density at radius 2 is 1.92 bits per heavy atom. The van der Waals surface area contributed by atoms with Gasteiger partial charge in [-0.3, -0.25) is 0 Å². The van der Waals surface area contributed by atoms with Crippen molar-refractivity contribution >= 4 is 22.5 Å². The van der Waals surface area contributed by atoms with E-state index >= 15 is 0 Å². The van der Waals surface area contributed by atoms with Crippen LogP contribution in [0, 0.1) is 0 Å². The van der Waals surface area contributed by atoms with Crippen molar-refractivity contribution in [2.24, 2.45) is 7.05 Å². The maximum Gasteiger partial charge on any atom is 0.200 e. The summed E-state index contributed by atoms with van der Waals surface area (Å²) >= 11 is 1.61. The number of benzene rings is 2. The van der Waals surface area contributed by atoms with E-state index in [-0.39, 0.29) is 0 Å². The highest BCUT2D eigenvalue weighted by Crippen LogP contribution is 2.26. The number of nitrogens with zero attached hydrogens (tertiary/aromatic N) is 3. The van der Waals surface area contributed by atoms with Gasteiger partial charge in [0.05, 0.1) is 12.9 Å². The van der Waals surface area contributed by atoms with Crippen LogP contribution in [0.5, 0.6) is 5.75 Å². The lowest BCUT2D eigenvalue weighted by Crippen LogP contribution is -2.02. The lowest BCUT2D eigenvalue weighted by Gasteiger charge is -2.09. The lowest BCUT2D eigenvalue weighted by atomic mass is 10.1. The van der Waals surface area contributed by atoms with Gasteiger partial charge in [-0.25, -0.2) is 0 Å². The van der Waals surface area contributed by atoms with Crippen molar-refractivity contribution in [2.45, 2.75) is 5.16 Å². The number of hydrogen-bond donors (Lipinski definition) is 0. The van der Waals surface area contributed by atoms with Crippen molar-refractivity contribution in [3.8, 4) is 17.3 Å². The number of rotatable bonds is 6. The van der Waals surface area contributed by atoms with E-state index in [0.29, 0.717) is 12.4 Å². The Balaban J connectivity index is 1.38. The van der Waals surface area contributed by atoms with Crippen LogP contribution in [-0.2, 0) is 7.05 Å². The fraction of sp³-hybridized carbons (Fsp3) is 0.158. The number of ether oxygens (including phenoxy) is 1. The molecule has 0 aliphatic carbocycles. The Morgan fingerprint density at radius 1 is 1.04 bits per heavy atom. The molecule has 0 saturated carbocycles. The third kappa shape index (κ3) is 3.25. The van der Waals surface area contributed by atoms with E-state index in [9.17, 15) is 0 Å². The Kier molecular flexibility index (Phi) is 4.43. The number of thioether (sulfide) groups is 1. The van der Waals surface area contributed by atoms with Crippen molar-refractivity contribution < 1.29 is 9.15 Å². The first-order valence-corrected chi connectivity index (χ1v) is 8.98. The topological polar surface area (TPSA) is 53.1 Å². The molecule has 0 aliphatic heterocycles. The van der Waals surface area contributed by atoms with Crippen LogP contribution in [0.4, 0.5) is 0 Å². The second kappa shape index (κ2) is 7.03. The van der Waals surface area contributed by atoms with Crippen LogP contribution in [0.15, 0.2) is 70.4 Å². The molecule has 2 heterocycles. The molecule has 0 spiro atoms. The summed E-state index contributed by atoms with van der Waals surface area (Å²) in [6.45, 7) is 0.599. The highest BCUT2D eigenvalue weighted by atomic mass is 32.2. The van der Waals surface area contributed by atoms with Crippen molar-refractivity contribution in [2.75, 3.05) is 12.4 Å². The SMILES string of the molecule is Cn1c(SCCOc2cccc3ccccc23)nnc1-c1ccco1. The molecule has 2 aromatic carbocycles.